The highest BCUT2D eigenvalue weighted by Gasteiger charge is 2.46. The average Bonchev–Trinajstić information content (AvgIpc) is 3.36. The predicted molar refractivity (Wildman–Crippen MR) is 152 cm³/mol. The number of hydrogen-bond acceptors (Lipinski definition) is 0. The van der Waals surface area contributed by atoms with Crippen LogP contribution in [0.15, 0.2) is 0 Å². The molecule has 33 heavy (non-hydrogen) atoms. The normalized spacial score (nSPS) is 33.2. The van der Waals surface area contributed by atoms with Gasteiger partial charge < -0.3 is 0 Å². The minimum absolute atomic E-state index is 0.255. The fraction of sp³-hybridized carbons (Fsp3) is 1.00. The van der Waals surface area contributed by atoms with Gasteiger partial charge in [-0.2, -0.15) is 0 Å². The van der Waals surface area contributed by atoms with Crippen molar-refractivity contribution in [2.24, 2.45) is 5.92 Å². The first-order valence-electron chi connectivity index (χ1n) is 15.9. The topological polar surface area (TPSA) is 0 Å². The summed E-state index contributed by atoms with van der Waals surface area (Å²) in [5.41, 5.74) is 6.93. The summed E-state index contributed by atoms with van der Waals surface area (Å²) >= 11 is 0. The molecule has 3 atom stereocenters. The van der Waals surface area contributed by atoms with Gasteiger partial charge in [0.1, 0.15) is 0 Å². The molecule has 0 heterocycles. The molecule has 0 bridgehead atoms. The Balaban J connectivity index is 1.37. The number of hydrogen-bond donors (Lipinski definition) is 0. The van der Waals surface area contributed by atoms with E-state index in [0.717, 1.165) is 22.9 Å². The second kappa shape index (κ2) is 12.9. The Labute approximate surface area is 210 Å². The minimum atomic E-state index is 0.255. The summed E-state index contributed by atoms with van der Waals surface area (Å²) < 4.78 is 0. The molecule has 5 fully saturated rings. The summed E-state index contributed by atoms with van der Waals surface area (Å²) in [7, 11) is 0.536. The maximum absolute atomic E-state index is 2.85. The lowest BCUT2D eigenvalue weighted by Crippen LogP contribution is -2.35. The van der Waals surface area contributed by atoms with Crippen molar-refractivity contribution < 1.29 is 0 Å². The largest absolute Gasteiger partial charge is 0.0971 e. The van der Waals surface area contributed by atoms with Crippen LogP contribution < -0.4 is 0 Å². The Bertz CT molecular complexity index is 515. The van der Waals surface area contributed by atoms with Gasteiger partial charge in [-0.1, -0.05) is 106 Å². The molecule has 0 amide bonds. The van der Waals surface area contributed by atoms with Gasteiger partial charge in [-0.15, -0.1) is 0 Å². The van der Waals surface area contributed by atoms with Crippen molar-refractivity contribution in [3.63, 3.8) is 0 Å². The maximum atomic E-state index is 2.85. The standard InChI is InChI=1S/C31H56P2/c1-25(32(26-15-6-2-7-16-26)27-17-8-3-9-18-27)30-23-14-24-31(30)33(28-19-10-4-11-20-28)29-21-12-5-13-22-29/h25-31H,2-24H2,1H3. The molecule has 0 radical (unpaired) electrons. The third kappa shape index (κ3) is 6.23. The molecular weight excluding hydrogens is 434 g/mol. The first-order valence-corrected chi connectivity index (χ1v) is 19.0. The fourth-order valence-electron chi connectivity index (χ4n) is 9.44. The van der Waals surface area contributed by atoms with E-state index < -0.39 is 0 Å². The van der Waals surface area contributed by atoms with E-state index in [-0.39, 0.29) is 15.8 Å². The van der Waals surface area contributed by atoms with Crippen LogP contribution in [0.1, 0.15) is 155 Å². The van der Waals surface area contributed by atoms with E-state index in [1.807, 2.05) is 0 Å². The predicted octanol–water partition coefficient (Wildman–Crippen LogP) is 10.8. The van der Waals surface area contributed by atoms with Gasteiger partial charge in [0.05, 0.1) is 0 Å². The third-order valence-electron chi connectivity index (χ3n) is 11.0. The maximum Gasteiger partial charge on any atom is -0.0170 e. The van der Waals surface area contributed by atoms with E-state index in [2.05, 4.69) is 6.92 Å². The molecule has 0 aromatic heterocycles. The highest BCUT2D eigenvalue weighted by Crippen LogP contribution is 2.68. The van der Waals surface area contributed by atoms with Crippen molar-refractivity contribution in [1.29, 1.82) is 0 Å². The molecule has 0 aromatic carbocycles. The smallest absolute Gasteiger partial charge is 0.0170 e. The quantitative estimate of drug-likeness (QED) is 0.311. The molecule has 0 saturated heterocycles. The highest BCUT2D eigenvalue weighted by atomic mass is 31.1. The molecular formula is C31H56P2. The molecule has 5 aliphatic rings. The van der Waals surface area contributed by atoms with Crippen LogP contribution in [0.5, 0.6) is 0 Å². The van der Waals surface area contributed by atoms with E-state index in [4.69, 9.17) is 0 Å². The van der Waals surface area contributed by atoms with Crippen molar-refractivity contribution in [2.75, 3.05) is 0 Å². The van der Waals surface area contributed by atoms with Crippen molar-refractivity contribution in [1.82, 2.24) is 0 Å². The first-order chi connectivity index (χ1) is 16.3. The van der Waals surface area contributed by atoms with E-state index in [9.17, 15) is 0 Å². The zero-order valence-corrected chi connectivity index (χ0v) is 24.0. The van der Waals surface area contributed by atoms with Crippen molar-refractivity contribution in [3.8, 4) is 0 Å². The third-order valence-corrected chi connectivity index (χ3v) is 19.2. The van der Waals surface area contributed by atoms with Gasteiger partial charge in [-0.25, -0.2) is 0 Å². The lowest BCUT2D eigenvalue weighted by Gasteiger charge is -2.48. The molecule has 0 nitrogen and oxygen atoms in total. The summed E-state index contributed by atoms with van der Waals surface area (Å²) in [5, 5.41) is 0. The summed E-state index contributed by atoms with van der Waals surface area (Å²) in [4.78, 5) is 0. The lowest BCUT2D eigenvalue weighted by atomic mass is 9.99. The molecule has 0 spiro atoms. The molecule has 5 saturated carbocycles. The Morgan fingerprint density at radius 3 is 1.24 bits per heavy atom. The van der Waals surface area contributed by atoms with Crippen LogP contribution in [0.2, 0.25) is 0 Å². The molecule has 5 aliphatic carbocycles. The molecule has 0 aliphatic heterocycles. The van der Waals surface area contributed by atoms with Crippen LogP contribution in [0.3, 0.4) is 0 Å². The average molecular weight is 491 g/mol. The van der Waals surface area contributed by atoms with Gasteiger partial charge >= 0.3 is 0 Å². The summed E-state index contributed by atoms with van der Waals surface area (Å²) in [6.45, 7) is 2.85. The van der Waals surface area contributed by atoms with Crippen LogP contribution >= 0.6 is 15.8 Å². The van der Waals surface area contributed by atoms with Gasteiger partial charge in [-0.05, 0) is 104 Å². The summed E-state index contributed by atoms with van der Waals surface area (Å²) in [5.74, 6) is 1.13. The summed E-state index contributed by atoms with van der Waals surface area (Å²) in [6, 6.07) is 0. The van der Waals surface area contributed by atoms with Gasteiger partial charge in [0.15, 0.2) is 0 Å². The zero-order valence-electron chi connectivity index (χ0n) is 22.2. The van der Waals surface area contributed by atoms with E-state index >= 15 is 0 Å². The molecule has 5 rings (SSSR count). The van der Waals surface area contributed by atoms with Gasteiger partial charge in [-0.3, -0.25) is 0 Å². The minimum Gasteiger partial charge on any atom is -0.0971 e. The summed E-state index contributed by atoms with van der Waals surface area (Å²) in [6.07, 6.45) is 36.5. The lowest BCUT2D eigenvalue weighted by molar-refractivity contribution is 0.456. The van der Waals surface area contributed by atoms with E-state index in [1.54, 1.807) is 148 Å². The van der Waals surface area contributed by atoms with Crippen LogP contribution in [-0.4, -0.2) is 34.0 Å². The van der Waals surface area contributed by atoms with Gasteiger partial charge in [0, 0.05) is 0 Å². The zero-order chi connectivity index (χ0) is 22.5. The van der Waals surface area contributed by atoms with Crippen molar-refractivity contribution in [3.05, 3.63) is 0 Å². The molecule has 190 valence electrons. The molecule has 0 aromatic rings. The second-order valence-corrected chi connectivity index (χ2v) is 19.2. The Morgan fingerprint density at radius 2 is 0.818 bits per heavy atom. The molecule has 0 N–H and O–H groups in total. The van der Waals surface area contributed by atoms with E-state index in [1.165, 1.54) is 17.0 Å². The number of rotatable bonds is 7. The Morgan fingerprint density at radius 1 is 0.424 bits per heavy atom. The van der Waals surface area contributed by atoms with E-state index in [0.29, 0.717) is 0 Å². The second-order valence-electron chi connectivity index (χ2n) is 13.0. The monoisotopic (exact) mass is 490 g/mol. The molecule has 3 unspecified atom stereocenters. The first kappa shape index (κ1) is 25.5. The van der Waals surface area contributed by atoms with Crippen LogP contribution in [-0.2, 0) is 0 Å². The van der Waals surface area contributed by atoms with Crippen LogP contribution in [0.25, 0.3) is 0 Å². The van der Waals surface area contributed by atoms with Crippen LogP contribution in [0, 0.1) is 5.92 Å². The molecule has 2 heteroatoms. The fourth-order valence-corrected chi connectivity index (χ4v) is 19.2. The Hall–Kier alpha value is 0.860. The van der Waals surface area contributed by atoms with Crippen molar-refractivity contribution >= 4 is 15.8 Å². The SMILES string of the molecule is CC(C1CCCC1P(C1CCCCC1)C1CCCCC1)P(C1CCCCC1)C1CCCCC1. The van der Waals surface area contributed by atoms with Gasteiger partial charge in [0.25, 0.3) is 0 Å². The van der Waals surface area contributed by atoms with Crippen LogP contribution in [0.4, 0.5) is 0 Å². The highest BCUT2D eigenvalue weighted by molar-refractivity contribution is 7.61. The Kier molecular flexibility index (Phi) is 9.97. The van der Waals surface area contributed by atoms with Gasteiger partial charge in [0.2, 0.25) is 0 Å². The van der Waals surface area contributed by atoms with Crippen molar-refractivity contribution in [2.45, 2.75) is 189 Å².